The van der Waals surface area contributed by atoms with Gasteiger partial charge in [0, 0.05) is 17.0 Å². The van der Waals surface area contributed by atoms with Gasteiger partial charge in [0.05, 0.1) is 12.0 Å². The Balaban J connectivity index is 1.99. The minimum Gasteiger partial charge on any atom is -0.463 e. The molecule has 0 aromatic carbocycles. The highest BCUT2D eigenvalue weighted by atomic mass is 32.1. The van der Waals surface area contributed by atoms with E-state index in [1.165, 1.54) is 29.1 Å². The van der Waals surface area contributed by atoms with Crippen molar-refractivity contribution < 1.29 is 4.42 Å². The Bertz CT molecular complexity index is 724. The Morgan fingerprint density at radius 3 is 3.16 bits per heavy atom. The first-order valence-electron chi connectivity index (χ1n) is 6.64. The Hall–Kier alpha value is -1.59. The summed E-state index contributed by atoms with van der Waals surface area (Å²) in [5, 5.41) is 0. The van der Waals surface area contributed by atoms with Crippen molar-refractivity contribution in [1.82, 2.24) is 9.38 Å². The minimum absolute atomic E-state index is 0.631. The monoisotopic (exact) mass is 273 g/mol. The summed E-state index contributed by atoms with van der Waals surface area (Å²) in [4.78, 5) is 7.34. The quantitative estimate of drug-likeness (QED) is 0.798. The van der Waals surface area contributed by atoms with Crippen LogP contribution >= 0.6 is 11.3 Å². The summed E-state index contributed by atoms with van der Waals surface area (Å²) in [5.41, 5.74) is 9.37. The summed E-state index contributed by atoms with van der Waals surface area (Å²) >= 11 is 1.81. The first-order chi connectivity index (χ1) is 9.38. The molecule has 98 valence electrons. The number of fused-ring (bicyclic) bond motifs is 3. The first-order valence-corrected chi connectivity index (χ1v) is 7.46. The highest BCUT2D eigenvalue weighted by Crippen LogP contribution is 2.35. The number of imidazole rings is 1. The zero-order valence-electron chi connectivity index (χ0n) is 10.6. The Morgan fingerprint density at radius 1 is 1.42 bits per heavy atom. The molecule has 0 saturated heterocycles. The fourth-order valence-electron chi connectivity index (χ4n) is 2.91. The third-order valence-corrected chi connectivity index (χ3v) is 4.84. The maximum Gasteiger partial charge on any atom is 0.195 e. The molecular formula is C14H15N3OS. The number of furan rings is 1. The number of nitrogens with zero attached hydrogens (tertiary/aromatic N) is 2. The molecule has 0 bridgehead atoms. The van der Waals surface area contributed by atoms with E-state index in [1.807, 2.05) is 23.5 Å². The first kappa shape index (κ1) is 11.3. The average Bonchev–Trinajstić information content (AvgIpc) is 3.09. The smallest absolute Gasteiger partial charge is 0.195 e. The number of rotatable bonds is 3. The lowest BCUT2D eigenvalue weighted by Crippen LogP contribution is -2.07. The molecule has 0 aliphatic heterocycles. The van der Waals surface area contributed by atoms with E-state index in [0.29, 0.717) is 6.54 Å². The number of aryl methyl sites for hydroxylation is 2. The van der Waals surface area contributed by atoms with Crippen LogP contribution in [0.15, 0.2) is 22.8 Å². The van der Waals surface area contributed by atoms with E-state index in [9.17, 15) is 0 Å². The fourth-order valence-corrected chi connectivity index (χ4v) is 4.14. The van der Waals surface area contributed by atoms with Gasteiger partial charge in [-0.05, 0) is 37.9 Å². The van der Waals surface area contributed by atoms with Gasteiger partial charge in [0.1, 0.15) is 5.69 Å². The second-order valence-corrected chi connectivity index (χ2v) is 5.93. The van der Waals surface area contributed by atoms with Gasteiger partial charge in [-0.25, -0.2) is 4.98 Å². The number of nitrogens with two attached hydrogens (primary N) is 1. The van der Waals surface area contributed by atoms with Crippen LogP contribution in [-0.4, -0.2) is 15.9 Å². The second kappa shape index (κ2) is 4.21. The Kier molecular flexibility index (Phi) is 2.50. The van der Waals surface area contributed by atoms with Crippen LogP contribution in [-0.2, 0) is 19.3 Å². The molecule has 3 aromatic rings. The number of hydrogen-bond donors (Lipinski definition) is 1. The molecule has 19 heavy (non-hydrogen) atoms. The minimum atomic E-state index is 0.631. The molecule has 0 amide bonds. The van der Waals surface area contributed by atoms with E-state index in [4.69, 9.17) is 15.1 Å². The van der Waals surface area contributed by atoms with Crippen molar-refractivity contribution in [3.63, 3.8) is 0 Å². The van der Waals surface area contributed by atoms with Gasteiger partial charge in [-0.15, -0.1) is 11.3 Å². The molecule has 2 N–H and O–H groups in total. The van der Waals surface area contributed by atoms with E-state index in [1.54, 1.807) is 6.26 Å². The Morgan fingerprint density at radius 2 is 2.37 bits per heavy atom. The van der Waals surface area contributed by atoms with Gasteiger partial charge in [0.2, 0.25) is 0 Å². The Labute approximate surface area is 114 Å². The molecule has 1 aliphatic rings. The van der Waals surface area contributed by atoms with Gasteiger partial charge in [-0.2, -0.15) is 0 Å². The molecule has 3 heterocycles. The largest absolute Gasteiger partial charge is 0.463 e. The molecule has 5 heteroatoms. The van der Waals surface area contributed by atoms with Gasteiger partial charge in [-0.3, -0.25) is 4.40 Å². The summed E-state index contributed by atoms with van der Waals surface area (Å²) in [6.07, 6.45) is 6.13. The molecule has 0 radical (unpaired) electrons. The lowest BCUT2D eigenvalue weighted by Gasteiger charge is -2.03. The number of thiazole rings is 1. The summed E-state index contributed by atoms with van der Waals surface area (Å²) in [7, 11) is 0. The van der Waals surface area contributed by atoms with E-state index in [-0.39, 0.29) is 0 Å². The predicted octanol–water partition coefficient (Wildman–Crippen LogP) is 2.65. The summed E-state index contributed by atoms with van der Waals surface area (Å²) < 4.78 is 7.83. The van der Waals surface area contributed by atoms with Gasteiger partial charge >= 0.3 is 0 Å². The van der Waals surface area contributed by atoms with Crippen LogP contribution in [0.5, 0.6) is 0 Å². The van der Waals surface area contributed by atoms with Crippen LogP contribution in [0.4, 0.5) is 0 Å². The molecule has 0 fully saturated rings. The fraction of sp³-hybridized carbons (Fsp3) is 0.357. The van der Waals surface area contributed by atoms with E-state index in [0.717, 1.165) is 29.3 Å². The maximum atomic E-state index is 5.78. The average molecular weight is 273 g/mol. The molecule has 1 aliphatic carbocycles. The van der Waals surface area contributed by atoms with Crippen LogP contribution < -0.4 is 5.73 Å². The van der Waals surface area contributed by atoms with Crippen LogP contribution in [0.25, 0.3) is 16.4 Å². The van der Waals surface area contributed by atoms with Crippen molar-refractivity contribution in [3.05, 3.63) is 34.7 Å². The van der Waals surface area contributed by atoms with Crippen molar-refractivity contribution in [2.75, 3.05) is 6.54 Å². The van der Waals surface area contributed by atoms with Gasteiger partial charge in [0.15, 0.2) is 10.7 Å². The molecule has 4 rings (SSSR count). The number of aromatic nitrogens is 2. The van der Waals surface area contributed by atoms with Crippen LogP contribution in [0.3, 0.4) is 0 Å². The molecule has 0 unspecified atom stereocenters. The van der Waals surface area contributed by atoms with Gasteiger partial charge in [0.25, 0.3) is 0 Å². The normalized spacial score (nSPS) is 14.4. The van der Waals surface area contributed by atoms with Crippen molar-refractivity contribution in [2.24, 2.45) is 5.73 Å². The topological polar surface area (TPSA) is 56.5 Å². The van der Waals surface area contributed by atoms with Gasteiger partial charge in [-0.1, -0.05) is 0 Å². The van der Waals surface area contributed by atoms with E-state index < -0.39 is 0 Å². The van der Waals surface area contributed by atoms with Crippen molar-refractivity contribution in [1.29, 1.82) is 0 Å². The molecule has 4 nitrogen and oxygen atoms in total. The highest BCUT2D eigenvalue weighted by molar-refractivity contribution is 7.17. The molecular weight excluding hydrogens is 258 g/mol. The summed E-state index contributed by atoms with van der Waals surface area (Å²) in [6, 6.07) is 3.87. The van der Waals surface area contributed by atoms with Crippen LogP contribution in [0.1, 0.15) is 22.7 Å². The lowest BCUT2D eigenvalue weighted by atomic mass is 10.2. The molecule has 0 saturated carbocycles. The van der Waals surface area contributed by atoms with Gasteiger partial charge < -0.3 is 10.2 Å². The van der Waals surface area contributed by atoms with E-state index in [2.05, 4.69) is 4.40 Å². The predicted molar refractivity (Wildman–Crippen MR) is 75.6 cm³/mol. The highest BCUT2D eigenvalue weighted by Gasteiger charge is 2.24. The summed E-state index contributed by atoms with van der Waals surface area (Å²) in [6.45, 7) is 0.631. The second-order valence-electron chi connectivity index (χ2n) is 4.87. The van der Waals surface area contributed by atoms with E-state index >= 15 is 0 Å². The standard InChI is InChI=1S/C14H15N3OS/c15-7-6-10-13(11-4-2-8-18-11)16-14-17(10)9-3-1-5-12(9)19-14/h2,4,8H,1,3,5-7,15H2. The number of hydrogen-bond acceptors (Lipinski definition) is 4. The van der Waals surface area contributed by atoms with Crippen molar-refractivity contribution >= 4 is 16.3 Å². The molecule has 3 aromatic heterocycles. The zero-order valence-corrected chi connectivity index (χ0v) is 11.4. The lowest BCUT2D eigenvalue weighted by molar-refractivity contribution is 0.579. The zero-order chi connectivity index (χ0) is 12.8. The SMILES string of the molecule is NCCc1c(-c2ccco2)nc2sc3c(n12)CCC3. The third kappa shape index (κ3) is 1.58. The molecule has 0 atom stereocenters. The summed E-state index contributed by atoms with van der Waals surface area (Å²) in [5.74, 6) is 0.839. The third-order valence-electron chi connectivity index (χ3n) is 3.70. The maximum absolute atomic E-state index is 5.78. The molecule has 0 spiro atoms. The van der Waals surface area contributed by atoms with Crippen LogP contribution in [0, 0.1) is 0 Å². The van der Waals surface area contributed by atoms with Crippen molar-refractivity contribution in [3.8, 4) is 11.5 Å². The van der Waals surface area contributed by atoms with Crippen molar-refractivity contribution in [2.45, 2.75) is 25.7 Å². The van der Waals surface area contributed by atoms with Crippen LogP contribution in [0.2, 0.25) is 0 Å².